The highest BCUT2D eigenvalue weighted by molar-refractivity contribution is 9.10. The first kappa shape index (κ1) is 117. The van der Waals surface area contributed by atoms with Crippen molar-refractivity contribution in [3.05, 3.63) is 312 Å². The summed E-state index contributed by atoms with van der Waals surface area (Å²) in [5.74, 6) is 0.424. The van der Waals surface area contributed by atoms with Gasteiger partial charge in [0.15, 0.2) is 25.6 Å². The predicted octanol–water partition coefficient (Wildman–Crippen LogP) is 31.9. The van der Waals surface area contributed by atoms with Crippen LogP contribution in [0.25, 0.3) is 0 Å². The van der Waals surface area contributed by atoms with E-state index in [1.54, 1.807) is 91.9 Å². The number of hydrogen-bond donors (Lipinski definition) is 10. The smallest absolute Gasteiger partial charge is 0.416 e. The first-order valence-corrected chi connectivity index (χ1v) is 42.6. The van der Waals surface area contributed by atoms with Gasteiger partial charge in [-0.1, -0.05) is 134 Å². The molecule has 1 unspecified atom stereocenters. The van der Waals surface area contributed by atoms with Gasteiger partial charge in [0.05, 0.1) is 78.3 Å². The summed E-state index contributed by atoms with van der Waals surface area (Å²) in [4.78, 5) is 0. The van der Waals surface area contributed by atoms with Crippen molar-refractivity contribution < 1.29 is 136 Å². The van der Waals surface area contributed by atoms with Crippen LogP contribution in [0, 0.1) is 0 Å². The van der Waals surface area contributed by atoms with Crippen molar-refractivity contribution in [2.24, 2.45) is 0 Å². The van der Waals surface area contributed by atoms with Gasteiger partial charge in [0.25, 0.3) is 0 Å². The summed E-state index contributed by atoms with van der Waals surface area (Å²) in [6, 6.07) is 33.5. The Morgan fingerprint density at radius 1 is 0.299 bits per heavy atom. The maximum Gasteiger partial charge on any atom is 0.416 e. The molecule has 10 N–H and O–H groups in total. The molecule has 1 atom stereocenters. The van der Waals surface area contributed by atoms with E-state index < -0.39 is 146 Å². The van der Waals surface area contributed by atoms with Crippen molar-refractivity contribution in [3.8, 4) is 5.75 Å². The van der Waals surface area contributed by atoms with Crippen molar-refractivity contribution in [2.45, 2.75) is 94.2 Å². The van der Waals surface area contributed by atoms with Gasteiger partial charge in [0, 0.05) is 83.7 Å². The molecule has 0 aliphatic rings. The number of benzene rings is 10. The SMILES string of the molecule is CC(NC(=S)Nc1cc(C(F)(F)F)cc(C(F)(F)F)c1)c1ccc(Br)cc1.FC(F)(F)c1cc(NC(=S)NCCOc2ccc(Cl)c(Cl)c2)cc(C(F)(F)F)c1.FC(F)(F)c1cc(NC(=S)NCCc2ccc(Cl)cc2Cl)cc(C(F)(F)F)c1.FC(F)(F)c1cc(NC(=S)NCc2ccc(Cl)cc2Cl)cc(C(F)(F)F)c1.FC(F)(F)c1cc(NC(=S)NCc2cccc(Cl)c2)cc(C(F)(F)F)c1. The summed E-state index contributed by atoms with van der Waals surface area (Å²) < 4.78 is 392. The van der Waals surface area contributed by atoms with Gasteiger partial charge >= 0.3 is 61.8 Å². The number of thiocarbonyl (C=S) groups is 5. The third-order valence-corrected chi connectivity index (χ3v) is 20.9. The van der Waals surface area contributed by atoms with Crippen LogP contribution in [0.5, 0.6) is 5.75 Å². The van der Waals surface area contributed by atoms with Crippen LogP contribution in [0.15, 0.2) is 199 Å². The largest absolute Gasteiger partial charge is 0.492 e. The van der Waals surface area contributed by atoms with E-state index in [2.05, 4.69) is 69.1 Å². The molecule has 11 nitrogen and oxygen atoms in total. The van der Waals surface area contributed by atoms with Gasteiger partial charge < -0.3 is 57.9 Å². The molecule has 0 saturated heterocycles. The Morgan fingerprint density at radius 2 is 0.599 bits per heavy atom. The van der Waals surface area contributed by atoms with Crippen molar-refractivity contribution in [3.63, 3.8) is 0 Å². The molecule has 0 aromatic heterocycles. The molecule has 0 aliphatic heterocycles. The summed E-state index contributed by atoms with van der Waals surface area (Å²) in [7, 11) is 0. The summed E-state index contributed by atoms with van der Waals surface area (Å²) >= 11 is 69.0. The van der Waals surface area contributed by atoms with Gasteiger partial charge in [-0.2, -0.15) is 132 Å². The van der Waals surface area contributed by atoms with Gasteiger partial charge in [0.2, 0.25) is 0 Å². The van der Waals surface area contributed by atoms with E-state index in [4.69, 9.17) is 147 Å². The lowest BCUT2D eigenvalue weighted by molar-refractivity contribution is -0.144. The molecule has 54 heteroatoms. The Hall–Kier alpha value is -9.14. The minimum absolute atomic E-state index is 0.0345. The van der Waals surface area contributed by atoms with Gasteiger partial charge in [0.1, 0.15) is 12.4 Å². The molecule has 10 aromatic carbocycles. The number of rotatable bonds is 18. The average molecular weight is 2270 g/mol. The minimum Gasteiger partial charge on any atom is -0.492 e. The Balaban J connectivity index is 0.000000263. The number of halogens is 38. The quantitative estimate of drug-likeness (QED) is 0.0227. The molecular weight excluding hydrogens is 2210 g/mol. The van der Waals surface area contributed by atoms with Crippen LogP contribution in [-0.4, -0.2) is 45.3 Å². The normalized spacial score (nSPS) is 12.2. The zero-order valence-electron chi connectivity index (χ0n) is 67.6. The maximum atomic E-state index is 12.9. The van der Waals surface area contributed by atoms with Crippen molar-refractivity contribution in [1.82, 2.24) is 26.6 Å². The minimum atomic E-state index is -4.94. The van der Waals surface area contributed by atoms with Crippen LogP contribution < -0.4 is 57.9 Å². The first-order valence-electron chi connectivity index (χ1n) is 37.1. The molecule has 0 heterocycles. The second kappa shape index (κ2) is 49.3. The highest BCUT2D eigenvalue weighted by Gasteiger charge is 2.43. The second-order valence-corrected chi connectivity index (χ2v) is 33.4. The Morgan fingerprint density at radius 3 is 0.912 bits per heavy atom. The first-order chi connectivity index (χ1) is 62.9. The number of anilines is 5. The molecule has 0 spiro atoms. The molecule has 0 radical (unpaired) electrons. The zero-order chi connectivity index (χ0) is 103. The van der Waals surface area contributed by atoms with Crippen molar-refractivity contribution in [1.29, 1.82) is 0 Å². The van der Waals surface area contributed by atoms with Crippen LogP contribution in [0.4, 0.5) is 160 Å². The fraction of sp³-hybridized carbons (Fsp3) is 0.217. The van der Waals surface area contributed by atoms with E-state index in [1.807, 2.05) is 0 Å². The number of alkyl halides is 30. The van der Waals surface area contributed by atoms with Crippen LogP contribution in [-0.2, 0) is 81.3 Å². The second-order valence-electron chi connectivity index (χ2n) is 27.5. The topological polar surface area (TPSA) is 130 Å². The maximum absolute atomic E-state index is 12.9. The van der Waals surface area contributed by atoms with Gasteiger partial charge in [-0.25, -0.2) is 0 Å². The van der Waals surface area contributed by atoms with Crippen LogP contribution >= 0.6 is 158 Å². The summed E-state index contributed by atoms with van der Waals surface area (Å²) in [5, 5.41) is 27.2. The molecule has 0 fully saturated rings. The molecule has 0 bridgehead atoms. The predicted molar refractivity (Wildman–Crippen MR) is 489 cm³/mol. The van der Waals surface area contributed by atoms with Crippen molar-refractivity contribution in [2.75, 3.05) is 46.3 Å². The van der Waals surface area contributed by atoms with Gasteiger partial charge in [-0.3, -0.25) is 0 Å². The lowest BCUT2D eigenvalue weighted by atomic mass is 10.1. The third kappa shape index (κ3) is 40.5. The molecule has 137 heavy (non-hydrogen) atoms. The highest BCUT2D eigenvalue weighted by atomic mass is 79.9. The number of nitrogens with one attached hydrogen (secondary N) is 10. The highest BCUT2D eigenvalue weighted by Crippen LogP contribution is 2.45. The van der Waals surface area contributed by atoms with Crippen molar-refractivity contribution >= 4 is 212 Å². The molecule has 0 aliphatic carbocycles. The standard InChI is InChI=1S/C17H13BrF6N2S.C17H12Cl2F6N2OS.C17H12Cl2F6N2S.C16H10Cl2F6N2S.C16H11ClF6N2S/c1-9(10-2-4-13(18)5-3-10)25-15(27)26-14-7-11(16(19,20)21)6-12(8-14)17(22,23)24;18-13-2-1-12(8-14(13)19)28-4-3-26-15(29)27-11-6-9(16(20,21)22)5-10(7-11)17(23,24)25;18-12-2-1-9(14(19)8-12)3-4-26-15(28)27-13-6-10(16(20,21)22)5-11(7-13)17(23,24)25;17-11-2-1-8(13(18)6-11)7-25-14(27)26-12-4-9(15(19,20)21)3-10(5-12)16(22,23)24;17-12-3-1-2-9(4-12)8-24-14(26)25-13-6-10(15(18,19)20)5-11(7-13)16(21,22)23/h2-9H,1H3,(H2,25,26,27);1-2,5-8H,3-4H2,(H2,26,27,29);1-2,5-8H,3-4H2,(H2,26,27,28);1-6H,7H2,(H2,25,26,27);1-7H,8H2,(H2,24,25,26). The molecule has 0 amide bonds. The van der Waals surface area contributed by atoms with Gasteiger partial charge in [-0.15, -0.1) is 0 Å². The van der Waals surface area contributed by atoms with E-state index in [0.29, 0.717) is 114 Å². The van der Waals surface area contributed by atoms with Gasteiger partial charge in [-0.05, 0) is 248 Å². The monoisotopic (exact) mass is 2260 g/mol. The Bertz CT molecular complexity index is 5710. The number of ether oxygens (including phenoxy) is 1. The zero-order valence-corrected chi connectivity index (χ0v) is 78.6. The lowest BCUT2D eigenvalue weighted by Crippen LogP contribution is -2.32. The fourth-order valence-electron chi connectivity index (χ4n) is 10.6. The lowest BCUT2D eigenvalue weighted by Gasteiger charge is -2.19. The third-order valence-electron chi connectivity index (χ3n) is 17.0. The molecule has 10 rings (SSSR count). The molecule has 0 saturated carbocycles. The van der Waals surface area contributed by atoms with Crippen LogP contribution in [0.3, 0.4) is 0 Å². The van der Waals surface area contributed by atoms with E-state index in [1.165, 1.54) is 18.2 Å². The van der Waals surface area contributed by atoms with E-state index >= 15 is 0 Å². The van der Waals surface area contributed by atoms with Crippen LogP contribution in [0.1, 0.15) is 90.9 Å². The van der Waals surface area contributed by atoms with E-state index in [-0.39, 0.29) is 94.7 Å². The summed E-state index contributed by atoms with van der Waals surface area (Å²) in [5.41, 5.74) is -13.5. The average Bonchev–Trinajstić information content (AvgIpc) is 0.817. The Kier molecular flexibility index (Phi) is 42.0. The number of hydrogen-bond acceptors (Lipinski definition) is 6. The molecule has 742 valence electrons. The molecule has 10 aromatic rings. The Labute approximate surface area is 827 Å². The van der Waals surface area contributed by atoms with E-state index in [0.717, 1.165) is 21.2 Å². The fourth-order valence-corrected chi connectivity index (χ4v) is 13.5. The molecular formula is C83H58BrCl7F30N10OS5. The summed E-state index contributed by atoms with van der Waals surface area (Å²) in [6.45, 7) is 2.50. The summed E-state index contributed by atoms with van der Waals surface area (Å²) in [6.07, 6.45) is -48.9. The van der Waals surface area contributed by atoms with E-state index in [9.17, 15) is 132 Å². The van der Waals surface area contributed by atoms with Crippen LogP contribution in [0.2, 0.25) is 35.2 Å².